The Morgan fingerprint density at radius 2 is 1.76 bits per heavy atom. The van der Waals surface area contributed by atoms with E-state index in [1.54, 1.807) is 7.11 Å². The van der Waals surface area contributed by atoms with Crippen LogP contribution in [-0.2, 0) is 4.74 Å². The number of rotatable bonds is 6. The highest BCUT2D eigenvalue weighted by atomic mass is 19.1. The normalized spacial score (nSPS) is 37.8. The number of hydrogen-bond donors (Lipinski definition) is 1. The number of ether oxygens (including phenoxy) is 2. The highest BCUT2D eigenvalue weighted by Gasteiger charge is 2.51. The van der Waals surface area contributed by atoms with Crippen LogP contribution in [0.2, 0.25) is 0 Å². The first-order chi connectivity index (χ1) is 13.9. The summed E-state index contributed by atoms with van der Waals surface area (Å²) in [5.41, 5.74) is 0.815. The molecule has 0 saturated heterocycles. The number of halogens is 1. The molecule has 4 nitrogen and oxygen atoms in total. The second-order valence-electron chi connectivity index (χ2n) is 10.2. The second kappa shape index (κ2) is 7.26. The molecule has 4 bridgehead atoms. The summed E-state index contributed by atoms with van der Waals surface area (Å²) in [6, 6.07) is 2.83. The van der Waals surface area contributed by atoms with Crippen molar-refractivity contribution in [1.82, 2.24) is 0 Å². The minimum Gasteiger partial charge on any atom is -0.493 e. The van der Waals surface area contributed by atoms with Crippen molar-refractivity contribution in [1.29, 1.82) is 0 Å². The molecule has 0 aromatic heterocycles. The third kappa shape index (κ3) is 3.56. The zero-order valence-corrected chi connectivity index (χ0v) is 17.2. The zero-order valence-electron chi connectivity index (χ0n) is 17.2. The summed E-state index contributed by atoms with van der Waals surface area (Å²) in [6.45, 7) is 0.635. The highest BCUT2D eigenvalue weighted by Crippen LogP contribution is 2.60. The van der Waals surface area contributed by atoms with Crippen molar-refractivity contribution in [2.24, 2.45) is 23.2 Å². The van der Waals surface area contributed by atoms with E-state index in [-0.39, 0.29) is 23.0 Å². The third-order valence-corrected chi connectivity index (χ3v) is 8.19. The van der Waals surface area contributed by atoms with Crippen molar-refractivity contribution in [3.05, 3.63) is 29.1 Å². The van der Waals surface area contributed by atoms with Gasteiger partial charge in [-0.25, -0.2) is 9.18 Å². The molecule has 5 heteroatoms. The van der Waals surface area contributed by atoms with Crippen LogP contribution in [0.1, 0.15) is 79.6 Å². The summed E-state index contributed by atoms with van der Waals surface area (Å²) in [5, 5.41) is 9.40. The molecule has 0 spiro atoms. The molecular formula is C24H31FO4. The van der Waals surface area contributed by atoms with Gasteiger partial charge in [0.1, 0.15) is 11.6 Å². The average molecular weight is 403 g/mol. The lowest BCUT2D eigenvalue weighted by Crippen LogP contribution is -2.48. The number of carbonyl (C=O) groups is 1. The summed E-state index contributed by atoms with van der Waals surface area (Å²) < 4.78 is 26.4. The molecule has 2 atom stereocenters. The summed E-state index contributed by atoms with van der Waals surface area (Å²) in [5.74, 6) is 1.30. The van der Waals surface area contributed by atoms with Crippen LogP contribution < -0.4 is 4.74 Å². The molecule has 5 aliphatic carbocycles. The van der Waals surface area contributed by atoms with Gasteiger partial charge >= 0.3 is 5.97 Å². The van der Waals surface area contributed by atoms with Gasteiger partial charge in [0.25, 0.3) is 0 Å². The maximum atomic E-state index is 14.5. The molecule has 5 saturated carbocycles. The van der Waals surface area contributed by atoms with Crippen LogP contribution in [0, 0.1) is 29.0 Å². The van der Waals surface area contributed by atoms with Crippen LogP contribution in [0.25, 0.3) is 0 Å². The van der Waals surface area contributed by atoms with Crippen molar-refractivity contribution < 1.29 is 23.8 Å². The first-order valence-electron chi connectivity index (χ1n) is 11.2. The van der Waals surface area contributed by atoms with Gasteiger partial charge in [0.05, 0.1) is 18.3 Å². The smallest absolute Gasteiger partial charge is 0.338 e. The number of methoxy groups -OCH3 is 1. The number of carboxylic acid groups (broad SMARTS) is 1. The van der Waals surface area contributed by atoms with E-state index < -0.39 is 11.8 Å². The maximum absolute atomic E-state index is 14.5. The Kier molecular flexibility index (Phi) is 4.84. The zero-order chi connectivity index (χ0) is 20.2. The number of benzene rings is 1. The molecule has 0 amide bonds. The van der Waals surface area contributed by atoms with Gasteiger partial charge in [0, 0.05) is 18.6 Å². The summed E-state index contributed by atoms with van der Waals surface area (Å²) in [4.78, 5) is 11.5. The first kappa shape index (κ1) is 19.3. The monoisotopic (exact) mass is 402 g/mol. The molecule has 1 N–H and O–H groups in total. The van der Waals surface area contributed by atoms with E-state index >= 15 is 0 Å². The van der Waals surface area contributed by atoms with E-state index in [4.69, 9.17) is 9.47 Å². The Morgan fingerprint density at radius 1 is 1.10 bits per heavy atom. The molecule has 5 fully saturated rings. The van der Waals surface area contributed by atoms with E-state index in [1.807, 2.05) is 0 Å². The Labute approximate surface area is 171 Å². The number of aromatic carboxylic acids is 1. The van der Waals surface area contributed by atoms with E-state index in [0.29, 0.717) is 12.4 Å². The molecule has 158 valence electrons. The van der Waals surface area contributed by atoms with Crippen LogP contribution in [0.4, 0.5) is 4.39 Å². The summed E-state index contributed by atoms with van der Waals surface area (Å²) in [6.07, 6.45) is 10.7. The van der Waals surface area contributed by atoms with Crippen LogP contribution in [0.5, 0.6) is 5.75 Å². The quantitative estimate of drug-likeness (QED) is 0.692. The molecule has 1 unspecified atom stereocenters. The minimum absolute atomic E-state index is 0.157. The van der Waals surface area contributed by atoms with Gasteiger partial charge in [-0.3, -0.25) is 0 Å². The summed E-state index contributed by atoms with van der Waals surface area (Å²) >= 11 is 0. The molecule has 0 radical (unpaired) electrons. The number of carboxylic acids is 1. The average Bonchev–Trinajstić information content (AvgIpc) is 3.14. The van der Waals surface area contributed by atoms with Crippen LogP contribution in [-0.4, -0.2) is 30.9 Å². The van der Waals surface area contributed by atoms with Crippen molar-refractivity contribution in [2.75, 3.05) is 13.7 Å². The van der Waals surface area contributed by atoms with Gasteiger partial charge in [0.2, 0.25) is 0 Å². The molecule has 0 aliphatic heterocycles. The van der Waals surface area contributed by atoms with Crippen molar-refractivity contribution in [2.45, 2.75) is 69.8 Å². The topological polar surface area (TPSA) is 55.8 Å². The van der Waals surface area contributed by atoms with Gasteiger partial charge in [-0.1, -0.05) is 0 Å². The number of hydrogen-bond acceptors (Lipinski definition) is 3. The molecule has 29 heavy (non-hydrogen) atoms. The SMILES string of the molecule is COC1CC[C@@H](c2cc(C(=O)O)c(F)cc2OCC23CC4CC(CC(C4)C2)C3)C1. The van der Waals surface area contributed by atoms with Crippen molar-refractivity contribution in [3.8, 4) is 5.75 Å². The van der Waals surface area contributed by atoms with Crippen molar-refractivity contribution in [3.63, 3.8) is 0 Å². The molecule has 6 rings (SSSR count). The fourth-order valence-corrected chi connectivity index (χ4v) is 7.31. The first-order valence-corrected chi connectivity index (χ1v) is 11.2. The maximum Gasteiger partial charge on any atom is 0.338 e. The predicted molar refractivity (Wildman–Crippen MR) is 107 cm³/mol. The van der Waals surface area contributed by atoms with E-state index in [1.165, 1.54) is 50.7 Å². The van der Waals surface area contributed by atoms with Gasteiger partial charge in [-0.15, -0.1) is 0 Å². The predicted octanol–water partition coefficient (Wildman–Crippen LogP) is 5.40. The fraction of sp³-hybridized carbons (Fsp3) is 0.708. The van der Waals surface area contributed by atoms with Crippen LogP contribution in [0.15, 0.2) is 12.1 Å². The lowest BCUT2D eigenvalue weighted by Gasteiger charge is -2.56. The lowest BCUT2D eigenvalue weighted by molar-refractivity contribution is -0.0747. The lowest BCUT2D eigenvalue weighted by atomic mass is 9.50. The van der Waals surface area contributed by atoms with Crippen molar-refractivity contribution >= 4 is 5.97 Å². The molecule has 5 aliphatic rings. The van der Waals surface area contributed by atoms with E-state index in [0.717, 1.165) is 42.6 Å². The Hall–Kier alpha value is -1.62. The Bertz CT molecular complexity index is 769. The Morgan fingerprint density at radius 3 is 2.31 bits per heavy atom. The molecule has 0 heterocycles. The molecular weight excluding hydrogens is 371 g/mol. The van der Waals surface area contributed by atoms with Gasteiger partial charge < -0.3 is 14.6 Å². The molecule has 1 aromatic carbocycles. The van der Waals surface area contributed by atoms with E-state index in [9.17, 15) is 14.3 Å². The van der Waals surface area contributed by atoms with Crippen LogP contribution >= 0.6 is 0 Å². The molecule has 1 aromatic rings. The van der Waals surface area contributed by atoms with E-state index in [2.05, 4.69) is 0 Å². The highest BCUT2D eigenvalue weighted by molar-refractivity contribution is 5.88. The standard InChI is InChI=1S/C24H31FO4/c1-28-18-3-2-17(7-18)19-8-20(23(26)27)21(25)9-22(19)29-13-24-10-14-4-15(11-24)6-16(5-14)12-24/h8-9,14-18H,2-7,10-13H2,1H3,(H,26,27)/t14?,15?,16?,17-,18?,24?/m1/s1. The van der Waals surface area contributed by atoms with Gasteiger partial charge in [0.15, 0.2) is 0 Å². The van der Waals surface area contributed by atoms with Gasteiger partial charge in [-0.05, 0) is 93.1 Å². The Balaban J connectivity index is 1.40. The second-order valence-corrected chi connectivity index (χ2v) is 10.2. The van der Waals surface area contributed by atoms with Gasteiger partial charge in [-0.2, -0.15) is 0 Å². The minimum atomic E-state index is -1.22. The summed E-state index contributed by atoms with van der Waals surface area (Å²) in [7, 11) is 1.71. The largest absolute Gasteiger partial charge is 0.493 e. The third-order valence-electron chi connectivity index (χ3n) is 8.19. The fourth-order valence-electron chi connectivity index (χ4n) is 7.31. The van der Waals surface area contributed by atoms with Crippen LogP contribution in [0.3, 0.4) is 0 Å².